The molecule has 0 radical (unpaired) electrons. The molecular formula is C34H22S2. The van der Waals surface area contributed by atoms with Crippen LogP contribution in [0.5, 0.6) is 0 Å². The molecule has 36 heavy (non-hydrogen) atoms. The maximum absolute atomic E-state index is 2.40. The van der Waals surface area contributed by atoms with E-state index in [0.717, 1.165) is 0 Å². The lowest BCUT2D eigenvalue weighted by molar-refractivity contribution is 1.51. The van der Waals surface area contributed by atoms with Crippen molar-refractivity contribution in [1.29, 1.82) is 0 Å². The molecule has 2 aromatic heterocycles. The van der Waals surface area contributed by atoms with Crippen molar-refractivity contribution in [1.82, 2.24) is 0 Å². The SMILES string of the molecule is Cc1ccc2cc3sc4ccccc4c3c(-c3c4cc(C)ccc4cc4sc5ccccc5c34)c2c1. The first kappa shape index (κ1) is 20.5. The second-order valence-corrected chi connectivity index (χ2v) is 12.1. The number of hydrogen-bond donors (Lipinski definition) is 0. The third-order valence-electron chi connectivity index (χ3n) is 7.52. The second kappa shape index (κ2) is 7.39. The minimum Gasteiger partial charge on any atom is -0.135 e. The van der Waals surface area contributed by atoms with Gasteiger partial charge in [-0.3, -0.25) is 0 Å². The highest BCUT2D eigenvalue weighted by molar-refractivity contribution is 7.26. The average Bonchev–Trinajstić information content (AvgIpc) is 3.44. The molecule has 8 rings (SSSR count). The summed E-state index contributed by atoms with van der Waals surface area (Å²) in [6.45, 7) is 4.42. The van der Waals surface area contributed by atoms with Crippen LogP contribution in [0.15, 0.2) is 97.1 Å². The van der Waals surface area contributed by atoms with Gasteiger partial charge in [0.25, 0.3) is 0 Å². The van der Waals surface area contributed by atoms with Crippen molar-refractivity contribution in [3.8, 4) is 11.1 Å². The molecule has 6 aromatic carbocycles. The van der Waals surface area contributed by atoms with Crippen molar-refractivity contribution in [2.75, 3.05) is 0 Å². The molecule has 0 fully saturated rings. The van der Waals surface area contributed by atoms with E-state index in [1.54, 1.807) is 0 Å². The highest BCUT2D eigenvalue weighted by Gasteiger charge is 2.21. The normalized spacial score (nSPS) is 12.2. The quantitative estimate of drug-likeness (QED) is 0.213. The van der Waals surface area contributed by atoms with Gasteiger partial charge in [0, 0.05) is 51.5 Å². The maximum Gasteiger partial charge on any atom is 0.0368 e. The van der Waals surface area contributed by atoms with Gasteiger partial charge in [0.05, 0.1) is 0 Å². The molecule has 0 aliphatic carbocycles. The number of aryl methyl sites for hydroxylation is 2. The summed E-state index contributed by atoms with van der Waals surface area (Å²) in [7, 11) is 0. The number of thiophene rings is 2. The largest absolute Gasteiger partial charge is 0.135 e. The Morgan fingerprint density at radius 2 is 0.861 bits per heavy atom. The molecule has 8 aromatic rings. The van der Waals surface area contributed by atoms with Gasteiger partial charge in [-0.2, -0.15) is 0 Å². The Labute approximate surface area is 217 Å². The van der Waals surface area contributed by atoms with Crippen molar-refractivity contribution in [2.24, 2.45) is 0 Å². The van der Waals surface area contributed by atoms with Crippen LogP contribution in [0.3, 0.4) is 0 Å². The molecule has 2 heterocycles. The molecule has 170 valence electrons. The third-order valence-corrected chi connectivity index (χ3v) is 9.76. The van der Waals surface area contributed by atoms with Gasteiger partial charge in [-0.05, 0) is 59.7 Å². The van der Waals surface area contributed by atoms with Gasteiger partial charge < -0.3 is 0 Å². The number of benzene rings is 6. The van der Waals surface area contributed by atoms with Crippen LogP contribution in [0.4, 0.5) is 0 Å². The van der Waals surface area contributed by atoms with Crippen molar-refractivity contribution in [3.63, 3.8) is 0 Å². The lowest BCUT2D eigenvalue weighted by Gasteiger charge is -2.16. The second-order valence-electron chi connectivity index (χ2n) is 9.90. The Balaban J connectivity index is 1.74. The first-order valence-electron chi connectivity index (χ1n) is 12.4. The fraction of sp³-hybridized carbons (Fsp3) is 0.0588. The maximum atomic E-state index is 2.40. The zero-order valence-corrected chi connectivity index (χ0v) is 21.7. The van der Waals surface area contributed by atoms with E-state index in [-0.39, 0.29) is 0 Å². The molecule has 0 aliphatic heterocycles. The van der Waals surface area contributed by atoms with Crippen LogP contribution in [-0.4, -0.2) is 0 Å². The van der Waals surface area contributed by atoms with E-state index < -0.39 is 0 Å². The van der Waals surface area contributed by atoms with Crippen LogP contribution >= 0.6 is 22.7 Å². The standard InChI is InChI=1S/C34H22S2/c1-19-11-13-21-17-29-31(23-7-3-5-9-27(23)35-29)33(25(21)15-19)34-26-16-20(2)12-14-22(26)18-30-32(34)24-8-4-6-10-28(24)36-30/h3-18H,1-2H3. The summed E-state index contributed by atoms with van der Waals surface area (Å²) < 4.78 is 5.42. The van der Waals surface area contributed by atoms with Crippen molar-refractivity contribution in [3.05, 3.63) is 108 Å². The van der Waals surface area contributed by atoms with E-state index >= 15 is 0 Å². The van der Waals surface area contributed by atoms with Gasteiger partial charge in [0.1, 0.15) is 0 Å². The number of rotatable bonds is 1. The van der Waals surface area contributed by atoms with Gasteiger partial charge in [-0.1, -0.05) is 83.9 Å². The molecule has 0 saturated heterocycles. The Kier molecular flexibility index (Phi) is 4.20. The lowest BCUT2D eigenvalue weighted by Crippen LogP contribution is -1.89. The average molecular weight is 495 g/mol. The smallest absolute Gasteiger partial charge is 0.0368 e. The minimum absolute atomic E-state index is 1.30. The Hall–Kier alpha value is -3.72. The van der Waals surface area contributed by atoms with Gasteiger partial charge in [0.2, 0.25) is 0 Å². The summed E-state index contributed by atoms with van der Waals surface area (Å²) in [5.74, 6) is 0. The Morgan fingerprint density at radius 1 is 0.417 bits per heavy atom. The van der Waals surface area contributed by atoms with E-state index in [1.807, 2.05) is 22.7 Å². The summed E-state index contributed by atoms with van der Waals surface area (Å²) in [4.78, 5) is 0. The molecule has 0 bridgehead atoms. The fourth-order valence-corrected chi connectivity index (χ4v) is 8.27. The van der Waals surface area contributed by atoms with Crippen molar-refractivity contribution < 1.29 is 0 Å². The molecule has 2 heteroatoms. The predicted octanol–water partition coefficient (Wildman–Crippen LogP) is 11.0. The first-order valence-corrected chi connectivity index (χ1v) is 14.0. The van der Waals surface area contributed by atoms with Crippen molar-refractivity contribution >= 4 is 84.6 Å². The van der Waals surface area contributed by atoms with Crippen LogP contribution in [-0.2, 0) is 0 Å². The summed E-state index contributed by atoms with van der Waals surface area (Å²) in [5.41, 5.74) is 5.36. The highest BCUT2D eigenvalue weighted by atomic mass is 32.1. The molecule has 0 saturated carbocycles. The molecule has 0 spiro atoms. The monoisotopic (exact) mass is 494 g/mol. The van der Waals surface area contributed by atoms with Crippen LogP contribution < -0.4 is 0 Å². The molecule has 0 unspecified atom stereocenters. The first-order chi connectivity index (χ1) is 17.7. The zero-order valence-electron chi connectivity index (χ0n) is 20.1. The fourth-order valence-electron chi connectivity index (χ4n) is 5.94. The Bertz CT molecular complexity index is 2010. The predicted molar refractivity (Wildman–Crippen MR) is 162 cm³/mol. The Morgan fingerprint density at radius 3 is 1.33 bits per heavy atom. The van der Waals surface area contributed by atoms with E-state index in [1.165, 1.54) is 84.1 Å². The van der Waals surface area contributed by atoms with Gasteiger partial charge in [-0.15, -0.1) is 22.7 Å². The minimum atomic E-state index is 1.30. The van der Waals surface area contributed by atoms with E-state index in [2.05, 4.69) is 111 Å². The van der Waals surface area contributed by atoms with Crippen LogP contribution in [0.2, 0.25) is 0 Å². The van der Waals surface area contributed by atoms with Gasteiger partial charge in [0.15, 0.2) is 0 Å². The highest BCUT2D eigenvalue weighted by Crippen LogP contribution is 2.51. The summed E-state index contributed by atoms with van der Waals surface area (Å²) in [6, 6.07) is 36.5. The van der Waals surface area contributed by atoms with E-state index in [9.17, 15) is 0 Å². The third kappa shape index (κ3) is 2.80. The zero-order chi connectivity index (χ0) is 24.0. The van der Waals surface area contributed by atoms with Crippen LogP contribution in [0, 0.1) is 13.8 Å². The summed E-state index contributed by atoms with van der Waals surface area (Å²) >= 11 is 3.82. The van der Waals surface area contributed by atoms with Crippen molar-refractivity contribution in [2.45, 2.75) is 13.8 Å². The van der Waals surface area contributed by atoms with E-state index in [4.69, 9.17) is 0 Å². The van der Waals surface area contributed by atoms with Crippen LogP contribution in [0.1, 0.15) is 11.1 Å². The molecule has 0 aliphatic rings. The lowest BCUT2D eigenvalue weighted by atomic mass is 9.87. The molecule has 0 atom stereocenters. The summed E-state index contributed by atoms with van der Waals surface area (Å²) in [5, 5.41) is 10.8. The molecular weight excluding hydrogens is 473 g/mol. The number of fused-ring (bicyclic) bond motifs is 8. The van der Waals surface area contributed by atoms with Crippen LogP contribution in [0.25, 0.3) is 73.0 Å². The van der Waals surface area contributed by atoms with Gasteiger partial charge >= 0.3 is 0 Å². The molecule has 0 nitrogen and oxygen atoms in total. The topological polar surface area (TPSA) is 0 Å². The summed E-state index contributed by atoms with van der Waals surface area (Å²) in [6.07, 6.45) is 0. The van der Waals surface area contributed by atoms with E-state index in [0.29, 0.717) is 0 Å². The molecule has 0 N–H and O–H groups in total. The van der Waals surface area contributed by atoms with Gasteiger partial charge in [-0.25, -0.2) is 0 Å². The number of hydrogen-bond acceptors (Lipinski definition) is 2. The molecule has 0 amide bonds.